The van der Waals surface area contributed by atoms with Crippen LogP contribution in [0.2, 0.25) is 0 Å². The van der Waals surface area contributed by atoms with E-state index in [1.807, 2.05) is 23.3 Å². The third kappa shape index (κ3) is 4.68. The van der Waals surface area contributed by atoms with Gasteiger partial charge in [-0.3, -0.25) is 9.69 Å². The fraction of sp³-hybridized carbons (Fsp3) is 0.333. The van der Waals surface area contributed by atoms with Gasteiger partial charge in [0, 0.05) is 17.5 Å². The zero-order valence-electron chi connectivity index (χ0n) is 10.1. The lowest BCUT2D eigenvalue weighted by molar-refractivity contribution is -0.131. The molecule has 1 amide bonds. The van der Waals surface area contributed by atoms with Crippen LogP contribution in [0.25, 0.3) is 6.08 Å². The van der Waals surface area contributed by atoms with Gasteiger partial charge in [-0.05, 0) is 29.6 Å². The maximum Gasteiger partial charge on any atom is 0.328 e. The average molecular weight is 268 g/mol. The Balaban J connectivity index is 2.74. The van der Waals surface area contributed by atoms with Gasteiger partial charge in [0.1, 0.15) is 0 Å². The number of amides is 1. The van der Waals surface area contributed by atoms with Crippen molar-refractivity contribution in [2.75, 3.05) is 13.1 Å². The van der Waals surface area contributed by atoms with E-state index in [9.17, 15) is 9.59 Å². The molecule has 0 unspecified atom stereocenters. The van der Waals surface area contributed by atoms with Crippen molar-refractivity contribution in [1.29, 1.82) is 0 Å². The minimum Gasteiger partial charge on any atom is -0.478 e. The summed E-state index contributed by atoms with van der Waals surface area (Å²) in [6.45, 7) is 3.46. The van der Waals surface area contributed by atoms with E-state index in [1.165, 1.54) is 11.3 Å². The first kappa shape index (κ1) is 14.4. The van der Waals surface area contributed by atoms with Crippen molar-refractivity contribution in [2.45, 2.75) is 13.5 Å². The molecule has 1 heterocycles. The Morgan fingerprint density at radius 3 is 2.83 bits per heavy atom. The molecule has 0 aliphatic heterocycles. The molecule has 3 N–H and O–H groups in total. The second-order valence-electron chi connectivity index (χ2n) is 3.74. The third-order valence-electron chi connectivity index (χ3n) is 2.38. The van der Waals surface area contributed by atoms with Gasteiger partial charge in [0.2, 0.25) is 5.91 Å². The van der Waals surface area contributed by atoms with Crippen molar-refractivity contribution in [1.82, 2.24) is 4.90 Å². The first-order valence-corrected chi connectivity index (χ1v) is 6.39. The lowest BCUT2D eigenvalue weighted by Gasteiger charge is -2.17. The Bertz CT molecular complexity index is 454. The number of aliphatic carboxylic acids is 1. The first-order chi connectivity index (χ1) is 8.52. The summed E-state index contributed by atoms with van der Waals surface area (Å²) >= 11 is 1.53. The number of likely N-dealkylation sites (N-methyl/N-ethyl adjacent to an activating group) is 1. The predicted molar refractivity (Wildman–Crippen MR) is 71.1 cm³/mol. The van der Waals surface area contributed by atoms with E-state index < -0.39 is 5.97 Å². The molecule has 0 fully saturated rings. The van der Waals surface area contributed by atoms with E-state index in [4.69, 9.17) is 10.8 Å². The van der Waals surface area contributed by atoms with Crippen LogP contribution < -0.4 is 5.73 Å². The molecule has 5 nitrogen and oxygen atoms in total. The van der Waals surface area contributed by atoms with Gasteiger partial charge < -0.3 is 10.8 Å². The van der Waals surface area contributed by atoms with Crippen LogP contribution >= 0.6 is 11.3 Å². The number of nitrogens with zero attached hydrogens (tertiary/aromatic N) is 1. The van der Waals surface area contributed by atoms with E-state index in [2.05, 4.69) is 0 Å². The highest BCUT2D eigenvalue weighted by Gasteiger charge is 2.10. The molecule has 0 aliphatic rings. The lowest BCUT2D eigenvalue weighted by atomic mass is 10.2. The molecule has 6 heteroatoms. The molecule has 1 aromatic rings. The van der Waals surface area contributed by atoms with Crippen molar-refractivity contribution in [3.63, 3.8) is 0 Å². The number of carbonyl (C=O) groups is 2. The van der Waals surface area contributed by atoms with Gasteiger partial charge in [0.25, 0.3) is 0 Å². The monoisotopic (exact) mass is 268 g/mol. The molecule has 0 bridgehead atoms. The minimum atomic E-state index is -0.975. The van der Waals surface area contributed by atoms with Gasteiger partial charge >= 0.3 is 5.97 Å². The van der Waals surface area contributed by atoms with Crippen molar-refractivity contribution in [3.05, 3.63) is 28.0 Å². The molecule has 98 valence electrons. The number of rotatable bonds is 7. The number of hydrogen-bond donors (Lipinski definition) is 2. The quantitative estimate of drug-likeness (QED) is 0.727. The molecular formula is C12H16N2O3S. The second kappa shape index (κ2) is 6.93. The van der Waals surface area contributed by atoms with Gasteiger partial charge in [-0.2, -0.15) is 0 Å². The standard InChI is InChI=1S/C12H16N2O3S/c1-2-14(8-11(13)15)7-10-9(5-6-18-10)3-4-12(16)17/h3-6H,2,7-8H2,1H3,(H2,13,15)(H,16,17)/b4-3+. The van der Waals surface area contributed by atoms with E-state index in [1.54, 1.807) is 6.08 Å². The summed E-state index contributed by atoms with van der Waals surface area (Å²) in [4.78, 5) is 24.3. The smallest absolute Gasteiger partial charge is 0.328 e. The van der Waals surface area contributed by atoms with Crippen LogP contribution in [-0.4, -0.2) is 35.0 Å². The van der Waals surface area contributed by atoms with Gasteiger partial charge in [0.05, 0.1) is 6.54 Å². The highest BCUT2D eigenvalue weighted by Crippen LogP contribution is 2.20. The molecule has 0 spiro atoms. The summed E-state index contributed by atoms with van der Waals surface area (Å²) in [6, 6.07) is 1.86. The van der Waals surface area contributed by atoms with Gasteiger partial charge in [-0.15, -0.1) is 11.3 Å². The fourth-order valence-corrected chi connectivity index (χ4v) is 2.40. The van der Waals surface area contributed by atoms with Crippen LogP contribution in [0.5, 0.6) is 0 Å². The van der Waals surface area contributed by atoms with Crippen LogP contribution in [0.15, 0.2) is 17.5 Å². The van der Waals surface area contributed by atoms with Crippen molar-refractivity contribution < 1.29 is 14.7 Å². The van der Waals surface area contributed by atoms with Gasteiger partial charge in [-0.1, -0.05) is 6.92 Å². The van der Waals surface area contributed by atoms with Crippen LogP contribution in [0.1, 0.15) is 17.4 Å². The van der Waals surface area contributed by atoms with Crippen LogP contribution in [0.3, 0.4) is 0 Å². The molecular weight excluding hydrogens is 252 g/mol. The Labute approximate surface area is 110 Å². The zero-order valence-corrected chi connectivity index (χ0v) is 10.9. The number of thiophene rings is 1. The van der Waals surface area contributed by atoms with Crippen molar-refractivity contribution >= 4 is 29.3 Å². The van der Waals surface area contributed by atoms with Crippen molar-refractivity contribution in [2.24, 2.45) is 5.73 Å². The van der Waals surface area contributed by atoms with Gasteiger partial charge in [-0.25, -0.2) is 4.79 Å². The van der Waals surface area contributed by atoms with Gasteiger partial charge in [0.15, 0.2) is 0 Å². The summed E-state index contributed by atoms with van der Waals surface area (Å²) in [5.74, 6) is -1.34. The number of carbonyl (C=O) groups excluding carboxylic acids is 1. The van der Waals surface area contributed by atoms with Crippen LogP contribution in [-0.2, 0) is 16.1 Å². The highest BCUT2D eigenvalue weighted by molar-refractivity contribution is 7.10. The molecule has 0 saturated heterocycles. The molecule has 0 saturated carbocycles. The number of primary amides is 1. The largest absolute Gasteiger partial charge is 0.478 e. The second-order valence-corrected chi connectivity index (χ2v) is 4.74. The maximum atomic E-state index is 10.9. The Morgan fingerprint density at radius 1 is 1.56 bits per heavy atom. The summed E-state index contributed by atoms with van der Waals surface area (Å²) < 4.78 is 0. The average Bonchev–Trinajstić information content (AvgIpc) is 2.72. The van der Waals surface area contributed by atoms with Crippen LogP contribution in [0, 0.1) is 0 Å². The molecule has 0 atom stereocenters. The summed E-state index contributed by atoms with van der Waals surface area (Å²) in [6.07, 6.45) is 2.67. The summed E-state index contributed by atoms with van der Waals surface area (Å²) in [5.41, 5.74) is 6.03. The van der Waals surface area contributed by atoms with E-state index in [-0.39, 0.29) is 12.5 Å². The molecule has 1 rings (SSSR count). The summed E-state index contributed by atoms with van der Waals surface area (Å²) in [7, 11) is 0. The minimum absolute atomic E-state index is 0.205. The highest BCUT2D eigenvalue weighted by atomic mass is 32.1. The molecule has 18 heavy (non-hydrogen) atoms. The normalized spacial score (nSPS) is 11.2. The predicted octanol–water partition coefficient (Wildman–Crippen LogP) is 1.15. The van der Waals surface area contributed by atoms with E-state index >= 15 is 0 Å². The van der Waals surface area contributed by atoms with E-state index in [0.29, 0.717) is 13.1 Å². The zero-order chi connectivity index (χ0) is 13.5. The number of nitrogens with two attached hydrogens (primary N) is 1. The van der Waals surface area contributed by atoms with Crippen LogP contribution in [0.4, 0.5) is 0 Å². The fourth-order valence-electron chi connectivity index (χ4n) is 1.49. The molecule has 0 radical (unpaired) electrons. The third-order valence-corrected chi connectivity index (χ3v) is 3.30. The molecule has 1 aromatic heterocycles. The SMILES string of the molecule is CCN(CC(N)=O)Cc1sccc1/C=C/C(=O)O. The summed E-state index contributed by atoms with van der Waals surface area (Å²) in [5, 5.41) is 10.5. The number of carboxylic acids is 1. The number of carboxylic acid groups (broad SMARTS) is 1. The Hall–Kier alpha value is -1.66. The first-order valence-electron chi connectivity index (χ1n) is 5.51. The number of hydrogen-bond acceptors (Lipinski definition) is 4. The molecule has 0 aliphatic carbocycles. The Morgan fingerprint density at radius 2 is 2.28 bits per heavy atom. The van der Waals surface area contributed by atoms with E-state index in [0.717, 1.165) is 16.5 Å². The topological polar surface area (TPSA) is 83.6 Å². The molecule has 0 aromatic carbocycles. The Kier molecular flexibility index (Phi) is 5.54. The van der Waals surface area contributed by atoms with Crippen molar-refractivity contribution in [3.8, 4) is 0 Å². The maximum absolute atomic E-state index is 10.9. The lowest BCUT2D eigenvalue weighted by Crippen LogP contribution is -2.33.